The summed E-state index contributed by atoms with van der Waals surface area (Å²) < 4.78 is 0. The normalized spacial score (nSPS) is 31.9. The lowest BCUT2D eigenvalue weighted by atomic mass is 9.68. The highest BCUT2D eigenvalue weighted by Gasteiger charge is 2.30. The largest absolute Gasteiger partial charge is 0.299 e. The Labute approximate surface area is 74.9 Å². The lowest BCUT2D eigenvalue weighted by molar-refractivity contribution is -0.104. The van der Waals surface area contributed by atoms with E-state index in [0.29, 0.717) is 5.92 Å². The van der Waals surface area contributed by atoms with Gasteiger partial charge in [0.2, 0.25) is 0 Å². The lowest BCUT2D eigenvalue weighted by Gasteiger charge is -2.37. The van der Waals surface area contributed by atoms with Crippen LogP contribution in [0, 0.1) is 11.3 Å². The predicted molar refractivity (Wildman–Crippen MR) is 50.9 cm³/mol. The molecule has 1 nitrogen and oxygen atoms in total. The van der Waals surface area contributed by atoms with Crippen molar-refractivity contribution >= 4 is 6.29 Å². The van der Waals surface area contributed by atoms with Gasteiger partial charge in [-0.15, -0.1) is 0 Å². The summed E-state index contributed by atoms with van der Waals surface area (Å²) in [6.07, 6.45) is 6.45. The van der Waals surface area contributed by atoms with E-state index in [-0.39, 0.29) is 5.41 Å². The second kappa shape index (κ2) is 3.42. The van der Waals surface area contributed by atoms with E-state index in [1.54, 1.807) is 6.08 Å². The molecule has 1 unspecified atom stereocenters. The minimum Gasteiger partial charge on any atom is -0.299 e. The molecule has 0 aromatic heterocycles. The van der Waals surface area contributed by atoms with E-state index in [2.05, 4.69) is 20.8 Å². The van der Waals surface area contributed by atoms with Crippen molar-refractivity contribution in [2.45, 2.75) is 40.0 Å². The van der Waals surface area contributed by atoms with Gasteiger partial charge < -0.3 is 0 Å². The summed E-state index contributed by atoms with van der Waals surface area (Å²) in [7, 11) is 0. The maximum absolute atomic E-state index is 10.4. The summed E-state index contributed by atoms with van der Waals surface area (Å²) in [5.41, 5.74) is 1.59. The van der Waals surface area contributed by atoms with Gasteiger partial charge in [-0.3, -0.25) is 4.79 Å². The first kappa shape index (κ1) is 9.50. The van der Waals surface area contributed by atoms with Crippen molar-refractivity contribution in [1.29, 1.82) is 0 Å². The summed E-state index contributed by atoms with van der Waals surface area (Å²) in [5, 5.41) is 0. The molecule has 0 spiro atoms. The van der Waals surface area contributed by atoms with Crippen LogP contribution in [0.4, 0.5) is 0 Å². The van der Waals surface area contributed by atoms with Gasteiger partial charge in [0.1, 0.15) is 6.29 Å². The van der Waals surface area contributed by atoms with Crippen LogP contribution >= 0.6 is 0 Å². The molecule has 1 saturated carbocycles. The number of allylic oxidation sites excluding steroid dienone is 2. The standard InChI is InChI=1S/C11H18O/c1-9-5-4-7-11(2,3)10(9)6-8-12/h6,8-9H,4-5,7H2,1-3H3/b10-6-. The molecule has 0 aliphatic heterocycles. The molecule has 1 fully saturated rings. The number of carbonyl (C=O) groups excluding carboxylic acids is 1. The fraction of sp³-hybridized carbons (Fsp3) is 0.727. The molecular formula is C11H18O. The second-order valence-electron chi connectivity index (χ2n) is 4.44. The molecule has 0 bridgehead atoms. The third kappa shape index (κ3) is 1.77. The van der Waals surface area contributed by atoms with Crippen LogP contribution in [0.15, 0.2) is 11.6 Å². The van der Waals surface area contributed by atoms with Crippen molar-refractivity contribution in [2.24, 2.45) is 11.3 Å². The van der Waals surface area contributed by atoms with E-state index in [1.165, 1.54) is 24.8 Å². The van der Waals surface area contributed by atoms with Crippen LogP contribution in [0.25, 0.3) is 0 Å². The molecule has 0 heterocycles. The van der Waals surface area contributed by atoms with Gasteiger partial charge in [0.05, 0.1) is 0 Å². The number of carbonyl (C=O) groups is 1. The molecule has 0 radical (unpaired) electrons. The lowest BCUT2D eigenvalue weighted by Crippen LogP contribution is -2.25. The number of hydrogen-bond donors (Lipinski definition) is 0. The van der Waals surface area contributed by atoms with Crippen molar-refractivity contribution in [3.05, 3.63) is 11.6 Å². The predicted octanol–water partition coefficient (Wildman–Crippen LogP) is 2.96. The summed E-state index contributed by atoms with van der Waals surface area (Å²) in [6.45, 7) is 6.69. The fourth-order valence-corrected chi connectivity index (χ4v) is 2.28. The Hall–Kier alpha value is -0.590. The highest BCUT2D eigenvalue weighted by molar-refractivity contribution is 5.66. The molecule has 1 aliphatic rings. The van der Waals surface area contributed by atoms with Crippen LogP contribution in [-0.2, 0) is 4.79 Å². The first-order valence-electron chi connectivity index (χ1n) is 4.74. The molecule has 1 rings (SSSR count). The van der Waals surface area contributed by atoms with Crippen LogP contribution in [0.5, 0.6) is 0 Å². The summed E-state index contributed by atoms with van der Waals surface area (Å²) in [5.74, 6) is 0.596. The molecule has 12 heavy (non-hydrogen) atoms. The van der Waals surface area contributed by atoms with Crippen molar-refractivity contribution in [3.8, 4) is 0 Å². The fourth-order valence-electron chi connectivity index (χ4n) is 2.28. The molecule has 0 N–H and O–H groups in total. The van der Waals surface area contributed by atoms with Crippen molar-refractivity contribution in [1.82, 2.24) is 0 Å². The molecule has 1 aliphatic carbocycles. The minimum atomic E-state index is 0.249. The topological polar surface area (TPSA) is 17.1 Å². The van der Waals surface area contributed by atoms with Gasteiger partial charge in [0.15, 0.2) is 0 Å². The van der Waals surface area contributed by atoms with Crippen LogP contribution in [0.2, 0.25) is 0 Å². The summed E-state index contributed by atoms with van der Waals surface area (Å²) in [4.78, 5) is 10.4. The monoisotopic (exact) mass is 166 g/mol. The highest BCUT2D eigenvalue weighted by atomic mass is 16.1. The number of hydrogen-bond acceptors (Lipinski definition) is 1. The molecule has 0 amide bonds. The molecule has 1 atom stereocenters. The molecule has 0 aromatic rings. The first-order chi connectivity index (χ1) is 5.58. The van der Waals surface area contributed by atoms with Gasteiger partial charge in [0.25, 0.3) is 0 Å². The quantitative estimate of drug-likeness (QED) is 0.432. The van der Waals surface area contributed by atoms with Crippen LogP contribution in [0.3, 0.4) is 0 Å². The van der Waals surface area contributed by atoms with Crippen molar-refractivity contribution in [3.63, 3.8) is 0 Å². The van der Waals surface area contributed by atoms with E-state index in [4.69, 9.17) is 0 Å². The van der Waals surface area contributed by atoms with Crippen molar-refractivity contribution < 1.29 is 4.79 Å². The Bertz CT molecular complexity index is 201. The Morgan fingerprint density at radius 1 is 1.50 bits per heavy atom. The average molecular weight is 166 g/mol. The molecular weight excluding hydrogens is 148 g/mol. The van der Waals surface area contributed by atoms with E-state index >= 15 is 0 Å². The molecule has 68 valence electrons. The zero-order valence-electron chi connectivity index (χ0n) is 8.26. The van der Waals surface area contributed by atoms with E-state index in [0.717, 1.165) is 6.29 Å². The zero-order valence-corrected chi connectivity index (χ0v) is 8.26. The zero-order chi connectivity index (χ0) is 9.19. The molecule has 0 aromatic carbocycles. The highest BCUT2D eigenvalue weighted by Crippen LogP contribution is 2.42. The Morgan fingerprint density at radius 2 is 2.17 bits per heavy atom. The van der Waals surface area contributed by atoms with Gasteiger partial charge in [-0.2, -0.15) is 0 Å². The minimum absolute atomic E-state index is 0.249. The Morgan fingerprint density at radius 3 is 2.67 bits per heavy atom. The van der Waals surface area contributed by atoms with E-state index in [1.807, 2.05) is 0 Å². The number of aldehydes is 1. The average Bonchev–Trinajstić information content (AvgIpc) is 1.97. The van der Waals surface area contributed by atoms with Gasteiger partial charge >= 0.3 is 0 Å². The third-order valence-electron chi connectivity index (χ3n) is 3.00. The second-order valence-corrected chi connectivity index (χ2v) is 4.44. The third-order valence-corrected chi connectivity index (χ3v) is 3.00. The smallest absolute Gasteiger partial charge is 0.142 e. The van der Waals surface area contributed by atoms with E-state index < -0.39 is 0 Å². The summed E-state index contributed by atoms with van der Waals surface area (Å²) >= 11 is 0. The van der Waals surface area contributed by atoms with Crippen LogP contribution < -0.4 is 0 Å². The van der Waals surface area contributed by atoms with Gasteiger partial charge in [-0.05, 0) is 30.3 Å². The van der Waals surface area contributed by atoms with Crippen molar-refractivity contribution in [2.75, 3.05) is 0 Å². The van der Waals surface area contributed by atoms with Crippen LogP contribution in [0.1, 0.15) is 40.0 Å². The van der Waals surface area contributed by atoms with Gasteiger partial charge in [-0.25, -0.2) is 0 Å². The molecule has 1 heteroatoms. The maximum Gasteiger partial charge on any atom is 0.142 e. The van der Waals surface area contributed by atoms with E-state index in [9.17, 15) is 4.79 Å². The van der Waals surface area contributed by atoms with Gasteiger partial charge in [0, 0.05) is 0 Å². The Balaban J connectivity index is 2.88. The van der Waals surface area contributed by atoms with Gasteiger partial charge in [-0.1, -0.05) is 32.8 Å². The Kier molecular flexibility index (Phi) is 2.71. The van der Waals surface area contributed by atoms with Crippen LogP contribution in [-0.4, -0.2) is 6.29 Å². The first-order valence-corrected chi connectivity index (χ1v) is 4.74. The summed E-state index contributed by atoms with van der Waals surface area (Å²) in [6, 6.07) is 0. The SMILES string of the molecule is CC1CCCC(C)(C)/C1=C\C=O. The maximum atomic E-state index is 10.4. The molecule has 0 saturated heterocycles. The number of rotatable bonds is 1.